The summed E-state index contributed by atoms with van der Waals surface area (Å²) in [5, 5.41) is 9.42. The molecule has 3 rings (SSSR count). The molecular formula is C34H48N6O3S. The summed E-state index contributed by atoms with van der Waals surface area (Å²) in [5.74, 6) is 0.117. The van der Waals surface area contributed by atoms with Crippen molar-refractivity contribution >= 4 is 34.4 Å². The number of carbonyl (C=O) groups is 2. The van der Waals surface area contributed by atoms with Gasteiger partial charge in [-0.25, -0.2) is 5.43 Å². The van der Waals surface area contributed by atoms with Gasteiger partial charge in [0.1, 0.15) is 10.8 Å². The molecule has 0 radical (unpaired) electrons. The SMILES string of the molecule is CCN(CC)CCN(CCN(CC)CC)Cc1cccc(C(=O)Nc2scc(C)c2C(=O)NN=Cc2ccc(OC)cc2)c1. The normalized spacial score (nSPS) is 11.6. The standard InChI is InChI=1S/C34H48N6O3S/c1-7-38(8-2)18-20-40(21-19-39(9-3)10-4)24-28-12-11-13-29(22-28)32(41)36-34-31(26(5)25-44-34)33(42)37-35-23-27-14-16-30(43-6)17-15-27/h11-17,22-23,25H,7-10,18-21,24H2,1-6H3,(H,36,41)(H,37,42). The van der Waals surface area contributed by atoms with E-state index < -0.39 is 0 Å². The molecule has 0 aliphatic carbocycles. The molecule has 2 aromatic carbocycles. The number of ether oxygens (including phenoxy) is 1. The number of hydrazone groups is 1. The molecule has 0 unspecified atom stereocenters. The average molecular weight is 621 g/mol. The van der Waals surface area contributed by atoms with E-state index in [1.807, 2.05) is 54.8 Å². The van der Waals surface area contributed by atoms with Gasteiger partial charge >= 0.3 is 0 Å². The predicted octanol–water partition coefficient (Wildman–Crippen LogP) is 5.57. The van der Waals surface area contributed by atoms with E-state index in [4.69, 9.17) is 4.74 Å². The highest BCUT2D eigenvalue weighted by molar-refractivity contribution is 7.15. The monoisotopic (exact) mass is 620 g/mol. The Morgan fingerprint density at radius 1 is 0.864 bits per heavy atom. The molecule has 0 saturated carbocycles. The molecule has 9 nitrogen and oxygen atoms in total. The van der Waals surface area contributed by atoms with Crippen LogP contribution in [0, 0.1) is 6.92 Å². The van der Waals surface area contributed by atoms with Crippen LogP contribution in [0.15, 0.2) is 59.0 Å². The number of amides is 2. The van der Waals surface area contributed by atoms with Crippen molar-refractivity contribution in [1.29, 1.82) is 0 Å². The number of likely N-dealkylation sites (N-methyl/N-ethyl adjacent to an activating group) is 2. The van der Waals surface area contributed by atoms with Crippen LogP contribution in [0.25, 0.3) is 0 Å². The molecule has 0 aliphatic heterocycles. The minimum Gasteiger partial charge on any atom is -0.497 e. The Bertz CT molecular complexity index is 1330. The van der Waals surface area contributed by atoms with Gasteiger partial charge in [-0.1, -0.05) is 39.8 Å². The molecule has 0 spiro atoms. The van der Waals surface area contributed by atoms with Crippen molar-refractivity contribution in [2.24, 2.45) is 5.10 Å². The zero-order valence-electron chi connectivity index (χ0n) is 27.1. The van der Waals surface area contributed by atoms with E-state index in [1.165, 1.54) is 11.3 Å². The van der Waals surface area contributed by atoms with Crippen LogP contribution in [0.5, 0.6) is 5.75 Å². The van der Waals surface area contributed by atoms with E-state index in [9.17, 15) is 9.59 Å². The van der Waals surface area contributed by atoms with Crippen LogP contribution in [0.2, 0.25) is 0 Å². The molecule has 3 aromatic rings. The van der Waals surface area contributed by atoms with E-state index in [-0.39, 0.29) is 11.8 Å². The Balaban J connectivity index is 1.67. The maximum absolute atomic E-state index is 13.4. The zero-order chi connectivity index (χ0) is 31.9. The Labute approximate surface area is 266 Å². The van der Waals surface area contributed by atoms with E-state index >= 15 is 0 Å². The summed E-state index contributed by atoms with van der Waals surface area (Å²) in [7, 11) is 1.61. The third-order valence-corrected chi connectivity index (χ3v) is 8.79. The number of methoxy groups -OCH3 is 1. The van der Waals surface area contributed by atoms with Gasteiger partial charge in [0.05, 0.1) is 18.9 Å². The van der Waals surface area contributed by atoms with Crippen molar-refractivity contribution in [2.75, 3.05) is 64.8 Å². The van der Waals surface area contributed by atoms with Crippen molar-refractivity contribution < 1.29 is 14.3 Å². The highest BCUT2D eigenvalue weighted by Crippen LogP contribution is 2.28. The van der Waals surface area contributed by atoms with Crippen molar-refractivity contribution in [3.05, 3.63) is 81.7 Å². The van der Waals surface area contributed by atoms with Gasteiger partial charge in [-0.05, 0) is 91.6 Å². The second-order valence-corrected chi connectivity index (χ2v) is 11.5. The van der Waals surface area contributed by atoms with Crippen LogP contribution >= 0.6 is 11.3 Å². The van der Waals surface area contributed by atoms with Crippen LogP contribution in [0.1, 0.15) is 65.1 Å². The summed E-state index contributed by atoms with van der Waals surface area (Å²) in [6, 6.07) is 15.1. The third-order valence-electron chi connectivity index (χ3n) is 7.77. The number of thiophene rings is 1. The largest absolute Gasteiger partial charge is 0.497 e. The molecule has 1 heterocycles. The fraction of sp³-hybridized carbons (Fsp3) is 0.441. The molecule has 238 valence electrons. The van der Waals surface area contributed by atoms with Crippen LogP contribution in [-0.4, -0.2) is 92.2 Å². The Morgan fingerprint density at radius 3 is 2.07 bits per heavy atom. The minimum atomic E-state index is -0.380. The Kier molecular flexibility index (Phi) is 14.5. The number of carbonyl (C=O) groups excluding carboxylic acids is 2. The Hall–Kier alpha value is -3.57. The van der Waals surface area contributed by atoms with Crippen molar-refractivity contribution in [1.82, 2.24) is 20.1 Å². The van der Waals surface area contributed by atoms with Crippen molar-refractivity contribution in [2.45, 2.75) is 41.2 Å². The smallest absolute Gasteiger partial charge is 0.274 e. The number of hydrogen-bond acceptors (Lipinski definition) is 8. The van der Waals surface area contributed by atoms with Gasteiger partial charge in [0, 0.05) is 38.3 Å². The maximum Gasteiger partial charge on any atom is 0.274 e. The van der Waals surface area contributed by atoms with Gasteiger partial charge in [-0.15, -0.1) is 11.3 Å². The molecule has 2 amide bonds. The second-order valence-electron chi connectivity index (χ2n) is 10.6. The lowest BCUT2D eigenvalue weighted by Gasteiger charge is -2.29. The number of nitrogens with zero attached hydrogens (tertiary/aromatic N) is 4. The van der Waals surface area contributed by atoms with Gasteiger partial charge in [-0.3, -0.25) is 14.5 Å². The number of nitrogens with one attached hydrogen (secondary N) is 2. The molecule has 0 aliphatic rings. The molecule has 0 fully saturated rings. The molecule has 0 atom stereocenters. The molecule has 0 bridgehead atoms. The van der Waals surface area contributed by atoms with Gasteiger partial charge in [0.15, 0.2) is 0 Å². The summed E-state index contributed by atoms with van der Waals surface area (Å²) in [6.07, 6.45) is 1.57. The molecule has 10 heteroatoms. The fourth-order valence-corrected chi connectivity index (χ4v) is 5.83. The summed E-state index contributed by atoms with van der Waals surface area (Å²) < 4.78 is 5.17. The lowest BCUT2D eigenvalue weighted by atomic mass is 10.1. The van der Waals surface area contributed by atoms with Crippen LogP contribution in [-0.2, 0) is 6.54 Å². The average Bonchev–Trinajstić information content (AvgIpc) is 3.41. The first-order chi connectivity index (χ1) is 21.3. The predicted molar refractivity (Wildman–Crippen MR) is 182 cm³/mol. The molecule has 0 saturated heterocycles. The van der Waals surface area contributed by atoms with E-state index in [1.54, 1.807) is 13.3 Å². The summed E-state index contributed by atoms with van der Waals surface area (Å²) >= 11 is 1.33. The van der Waals surface area contributed by atoms with Crippen LogP contribution in [0.3, 0.4) is 0 Å². The summed E-state index contributed by atoms with van der Waals surface area (Å²) in [4.78, 5) is 33.8. The number of aryl methyl sites for hydroxylation is 1. The minimum absolute atomic E-state index is 0.248. The van der Waals surface area contributed by atoms with E-state index in [0.717, 1.165) is 81.3 Å². The zero-order valence-corrected chi connectivity index (χ0v) is 27.9. The highest BCUT2D eigenvalue weighted by Gasteiger charge is 2.19. The lowest BCUT2D eigenvalue weighted by molar-refractivity contribution is 0.0956. The highest BCUT2D eigenvalue weighted by atomic mass is 32.1. The first-order valence-corrected chi connectivity index (χ1v) is 16.3. The maximum atomic E-state index is 13.4. The summed E-state index contributed by atoms with van der Waals surface area (Å²) in [5.41, 5.74) is 6.23. The third kappa shape index (κ3) is 10.6. The van der Waals surface area contributed by atoms with E-state index in [2.05, 4.69) is 64.3 Å². The number of benzene rings is 2. The van der Waals surface area contributed by atoms with Crippen LogP contribution in [0.4, 0.5) is 5.00 Å². The first-order valence-electron chi connectivity index (χ1n) is 15.4. The van der Waals surface area contributed by atoms with Gasteiger partial charge in [0.2, 0.25) is 0 Å². The molecule has 1 aromatic heterocycles. The topological polar surface area (TPSA) is 89.5 Å². The van der Waals surface area contributed by atoms with Crippen molar-refractivity contribution in [3.8, 4) is 5.75 Å². The van der Waals surface area contributed by atoms with E-state index in [0.29, 0.717) is 16.1 Å². The number of anilines is 1. The van der Waals surface area contributed by atoms with Gasteiger partial charge in [-0.2, -0.15) is 5.10 Å². The molecular weight excluding hydrogens is 572 g/mol. The van der Waals surface area contributed by atoms with Crippen LogP contribution < -0.4 is 15.5 Å². The quantitative estimate of drug-likeness (QED) is 0.143. The number of rotatable bonds is 18. The first kappa shape index (κ1) is 34.9. The van der Waals surface area contributed by atoms with Gasteiger partial charge < -0.3 is 19.9 Å². The fourth-order valence-electron chi connectivity index (χ4n) is 4.89. The summed E-state index contributed by atoms with van der Waals surface area (Å²) in [6.45, 7) is 19.5. The van der Waals surface area contributed by atoms with Gasteiger partial charge in [0.25, 0.3) is 11.8 Å². The number of hydrogen-bond donors (Lipinski definition) is 2. The van der Waals surface area contributed by atoms with Crippen molar-refractivity contribution in [3.63, 3.8) is 0 Å². The second kappa shape index (κ2) is 18.3. The molecule has 2 N–H and O–H groups in total. The Morgan fingerprint density at radius 2 is 1.48 bits per heavy atom. The molecule has 44 heavy (non-hydrogen) atoms. The lowest BCUT2D eigenvalue weighted by Crippen LogP contribution is -2.39.